The summed E-state index contributed by atoms with van der Waals surface area (Å²) in [6.45, 7) is 4.33. The molecule has 8 aliphatic rings. The lowest BCUT2D eigenvalue weighted by Crippen LogP contribution is -2.79. The molecule has 4 aliphatic heterocycles. The summed E-state index contributed by atoms with van der Waals surface area (Å²) in [6.07, 6.45) is 11.0. The quantitative estimate of drug-likeness (QED) is 0.267. The van der Waals surface area contributed by atoms with Crippen LogP contribution >= 0.6 is 0 Å². The molecule has 1 N–H and O–H groups in total. The number of ketones is 1. The van der Waals surface area contributed by atoms with Gasteiger partial charge in [-0.2, -0.15) is 0 Å². The predicted molar refractivity (Wildman–Crippen MR) is 186 cm³/mol. The summed E-state index contributed by atoms with van der Waals surface area (Å²) < 4.78 is 32.1. The average Bonchev–Trinajstić information content (AvgIpc) is 3.58. The zero-order valence-electron chi connectivity index (χ0n) is 30.4. The van der Waals surface area contributed by atoms with E-state index >= 15 is 4.79 Å². The first kappa shape index (κ1) is 33.6. The number of rotatable bonds is 5. The second-order valence-electron chi connectivity index (χ2n) is 18.3. The number of carbonyl (C=O) groups is 3. The van der Waals surface area contributed by atoms with E-state index in [0.717, 1.165) is 69.8 Å². The number of Topliss-reactive ketones (excluding diaryl/α,β-unsaturated/α-hetero) is 1. The van der Waals surface area contributed by atoms with E-state index in [9.17, 15) is 14.7 Å². The maximum atomic E-state index is 15.7. The number of esters is 2. The van der Waals surface area contributed by atoms with Crippen LogP contribution in [0.25, 0.3) is 0 Å². The minimum absolute atomic E-state index is 0.0849. The minimum atomic E-state index is -1.38. The van der Waals surface area contributed by atoms with Crippen molar-refractivity contribution < 1.29 is 42.9 Å². The number of ether oxygens (including phenoxy) is 4. The summed E-state index contributed by atoms with van der Waals surface area (Å²) in [5, 5.41) is 13.4. The molecular weight excluding hydrogens is 660 g/mol. The molecule has 0 amide bonds. The van der Waals surface area contributed by atoms with E-state index < -0.39 is 63.8 Å². The Balaban J connectivity index is 1.17. The van der Waals surface area contributed by atoms with Crippen molar-refractivity contribution in [3.63, 3.8) is 0 Å². The SMILES string of the molecule is C[C@@]12CC[C@@H]3[C@@]45COC(=O)C[C@@H]4O[C@](C)(C4CCCCC4)[C@H]5C(=O)[C@@H](O)[C@@]3([C@H]3CCC[C@@H](Cc4ccccc4)C3)[C@]13O[C@@H]3C(=O)O[C@H]2c1ccoc1. The van der Waals surface area contributed by atoms with Crippen LogP contribution < -0.4 is 0 Å². The van der Waals surface area contributed by atoms with Crippen LogP contribution in [0.5, 0.6) is 0 Å². The van der Waals surface area contributed by atoms with Gasteiger partial charge in [0.2, 0.25) is 0 Å². The summed E-state index contributed by atoms with van der Waals surface area (Å²) in [6, 6.07) is 12.4. The smallest absolute Gasteiger partial charge is 0.339 e. The monoisotopic (exact) mass is 712 g/mol. The zero-order chi connectivity index (χ0) is 35.7. The Labute approximate surface area is 305 Å². The van der Waals surface area contributed by atoms with Gasteiger partial charge in [-0.15, -0.1) is 0 Å². The third-order valence-electron chi connectivity index (χ3n) is 16.3. The number of fused-ring (bicyclic) bond motifs is 1. The van der Waals surface area contributed by atoms with Crippen LogP contribution in [-0.2, 0) is 39.8 Å². The molecule has 2 aromatic rings. The van der Waals surface area contributed by atoms with Gasteiger partial charge in [-0.3, -0.25) is 9.59 Å². The van der Waals surface area contributed by atoms with Gasteiger partial charge >= 0.3 is 11.9 Å². The van der Waals surface area contributed by atoms with Crippen LogP contribution in [0.4, 0.5) is 0 Å². The van der Waals surface area contributed by atoms with Crippen LogP contribution in [0.3, 0.4) is 0 Å². The first-order valence-corrected chi connectivity index (χ1v) is 20.1. The number of furan rings is 1. The van der Waals surface area contributed by atoms with E-state index in [-0.39, 0.29) is 42.5 Å². The Bertz CT molecular complexity index is 1750. The van der Waals surface area contributed by atoms with Crippen LogP contribution in [-0.4, -0.2) is 58.9 Å². The first-order chi connectivity index (χ1) is 25.1. The maximum Gasteiger partial charge on any atom is 0.339 e. The number of hydrogen-bond acceptors (Lipinski definition) is 9. The highest BCUT2D eigenvalue weighted by Gasteiger charge is 2.93. The molecule has 278 valence electrons. The van der Waals surface area contributed by atoms with Crippen molar-refractivity contribution >= 4 is 17.7 Å². The summed E-state index contributed by atoms with van der Waals surface area (Å²) in [4.78, 5) is 43.1. The van der Waals surface area contributed by atoms with Gasteiger partial charge in [0.1, 0.15) is 24.4 Å². The largest absolute Gasteiger partial charge is 0.472 e. The van der Waals surface area contributed by atoms with E-state index in [4.69, 9.17) is 23.4 Å². The molecular formula is C43H52O9. The van der Waals surface area contributed by atoms with Gasteiger partial charge in [0.15, 0.2) is 11.9 Å². The van der Waals surface area contributed by atoms with Gasteiger partial charge in [-0.05, 0) is 87.2 Å². The number of carbonyl (C=O) groups excluding carboxylic acids is 3. The summed E-state index contributed by atoms with van der Waals surface area (Å²) >= 11 is 0. The lowest BCUT2D eigenvalue weighted by atomic mass is 9.32. The molecule has 52 heavy (non-hydrogen) atoms. The molecule has 0 unspecified atom stereocenters. The summed E-state index contributed by atoms with van der Waals surface area (Å²) in [5.74, 6) is -1.50. The highest BCUT2D eigenvalue weighted by molar-refractivity contribution is 5.92. The van der Waals surface area contributed by atoms with Gasteiger partial charge in [-0.25, -0.2) is 4.79 Å². The highest BCUT2D eigenvalue weighted by atomic mass is 16.7. The molecule has 10 rings (SSSR count). The molecule has 2 spiro atoms. The zero-order valence-corrected chi connectivity index (χ0v) is 30.4. The second kappa shape index (κ2) is 11.5. The average molecular weight is 713 g/mol. The second-order valence-corrected chi connectivity index (χ2v) is 18.3. The molecule has 4 saturated heterocycles. The van der Waals surface area contributed by atoms with Crippen LogP contribution in [0, 0.1) is 45.8 Å². The normalized spacial score (nSPS) is 48.3. The topological polar surface area (TPSA) is 125 Å². The van der Waals surface area contributed by atoms with Crippen molar-refractivity contribution in [3.8, 4) is 0 Å². The Morgan fingerprint density at radius 2 is 1.65 bits per heavy atom. The highest BCUT2D eigenvalue weighted by Crippen LogP contribution is 2.83. The fraction of sp³-hybridized carbons (Fsp3) is 0.698. The van der Waals surface area contributed by atoms with Gasteiger partial charge < -0.3 is 28.5 Å². The van der Waals surface area contributed by atoms with E-state index in [2.05, 4.69) is 38.1 Å². The predicted octanol–water partition coefficient (Wildman–Crippen LogP) is 6.70. The van der Waals surface area contributed by atoms with Gasteiger partial charge in [0, 0.05) is 21.8 Å². The van der Waals surface area contributed by atoms with Crippen molar-refractivity contribution in [2.45, 2.75) is 133 Å². The maximum absolute atomic E-state index is 15.7. The van der Waals surface area contributed by atoms with Crippen LogP contribution in [0.2, 0.25) is 0 Å². The van der Waals surface area contributed by atoms with Crippen molar-refractivity contribution in [2.24, 2.45) is 45.8 Å². The molecule has 0 bridgehead atoms. The third kappa shape index (κ3) is 4.08. The third-order valence-corrected chi connectivity index (χ3v) is 16.3. The molecule has 8 fully saturated rings. The number of cyclic esters (lactones) is 2. The standard InChI is InChI=1S/C43H52O9/c1-39-18-16-30-41-24-49-32(44)22-31(41)51-40(2,28-13-7-4-8-14-28)34(41)33(45)35(46)42(30,29-15-9-12-26(21-29)20-25-10-5-3-6-11-25)43(39)37(52-43)38(47)50-36(39)27-17-19-48-23-27/h3,5-6,10-11,17,19,23,26,28-31,34-37,46H,4,7-9,12-16,18,20-22,24H2,1-2H3/t26-,29-,30+,31-,34+,35+,36-,37+,39-,40+,41-,42-,43+/m0/s1. The molecule has 9 heteroatoms. The molecule has 9 nitrogen and oxygen atoms in total. The lowest BCUT2D eigenvalue weighted by Gasteiger charge is -2.70. The Morgan fingerprint density at radius 1 is 0.865 bits per heavy atom. The van der Waals surface area contributed by atoms with Gasteiger partial charge in [0.05, 0.1) is 36.6 Å². The molecule has 0 radical (unpaired) electrons. The Morgan fingerprint density at radius 3 is 2.42 bits per heavy atom. The van der Waals surface area contributed by atoms with E-state index in [1.807, 2.05) is 12.1 Å². The molecule has 13 atom stereocenters. The van der Waals surface area contributed by atoms with Gasteiger partial charge in [0.25, 0.3) is 0 Å². The number of epoxide rings is 1. The van der Waals surface area contributed by atoms with Crippen molar-refractivity contribution in [1.82, 2.24) is 0 Å². The first-order valence-electron chi connectivity index (χ1n) is 20.1. The molecule has 5 heterocycles. The van der Waals surface area contributed by atoms with E-state index in [1.54, 1.807) is 12.5 Å². The van der Waals surface area contributed by atoms with Crippen molar-refractivity contribution in [1.29, 1.82) is 0 Å². The fourth-order valence-electron chi connectivity index (χ4n) is 14.5. The van der Waals surface area contributed by atoms with E-state index in [1.165, 1.54) is 5.56 Å². The Hall–Kier alpha value is -3.01. The van der Waals surface area contributed by atoms with Crippen LogP contribution in [0.1, 0.15) is 108 Å². The number of hydrogen-bond donors (Lipinski definition) is 1. The number of aliphatic hydroxyl groups is 1. The lowest BCUT2D eigenvalue weighted by molar-refractivity contribution is -0.276. The fourth-order valence-corrected chi connectivity index (χ4v) is 14.5. The molecule has 4 saturated carbocycles. The molecule has 1 aromatic carbocycles. The van der Waals surface area contributed by atoms with E-state index in [0.29, 0.717) is 18.8 Å². The van der Waals surface area contributed by atoms with Gasteiger partial charge in [-0.1, -0.05) is 69.4 Å². The molecule has 4 aliphatic carbocycles. The number of benzene rings is 1. The summed E-state index contributed by atoms with van der Waals surface area (Å²) in [5.41, 5.74) is -2.69. The van der Waals surface area contributed by atoms with Crippen molar-refractivity contribution in [2.75, 3.05) is 6.61 Å². The minimum Gasteiger partial charge on any atom is -0.472 e. The van der Waals surface area contributed by atoms with Crippen molar-refractivity contribution in [3.05, 3.63) is 60.1 Å². The number of aliphatic hydroxyl groups excluding tert-OH is 1. The Kier molecular flexibility index (Phi) is 7.42. The molecule has 1 aromatic heterocycles. The van der Waals surface area contributed by atoms with Crippen LogP contribution in [0.15, 0.2) is 53.3 Å². The summed E-state index contributed by atoms with van der Waals surface area (Å²) in [7, 11) is 0.